The van der Waals surface area contributed by atoms with Crippen LogP contribution in [0.4, 0.5) is 5.69 Å². The molecular formula is C19H21N3O. The quantitative estimate of drug-likeness (QED) is 0.760. The predicted octanol–water partition coefficient (Wildman–Crippen LogP) is 3.60. The summed E-state index contributed by atoms with van der Waals surface area (Å²) >= 11 is 0. The molecule has 1 aliphatic rings. The number of rotatable bonds is 2. The lowest BCUT2D eigenvalue weighted by Gasteiger charge is -2.33. The van der Waals surface area contributed by atoms with Crippen LogP contribution in [0.5, 0.6) is 0 Å². The summed E-state index contributed by atoms with van der Waals surface area (Å²) < 4.78 is 2.31. The second-order valence-corrected chi connectivity index (χ2v) is 6.65. The normalized spacial score (nSPS) is 20.7. The molecule has 4 rings (SSSR count). The highest BCUT2D eigenvalue weighted by Gasteiger charge is 2.30. The molecular weight excluding hydrogens is 286 g/mol. The van der Waals surface area contributed by atoms with Crippen molar-refractivity contribution in [3.63, 3.8) is 0 Å². The molecule has 4 nitrogen and oxygen atoms in total. The summed E-state index contributed by atoms with van der Waals surface area (Å²) in [7, 11) is 0. The minimum atomic E-state index is -0.165. The van der Waals surface area contributed by atoms with Gasteiger partial charge in [0.25, 0.3) is 0 Å². The Balaban J connectivity index is 1.95. The van der Waals surface area contributed by atoms with Crippen molar-refractivity contribution in [2.75, 3.05) is 5.73 Å². The highest BCUT2D eigenvalue weighted by Crippen LogP contribution is 2.40. The van der Waals surface area contributed by atoms with E-state index in [1.54, 1.807) is 6.20 Å². The molecule has 23 heavy (non-hydrogen) atoms. The van der Waals surface area contributed by atoms with Gasteiger partial charge in [0.05, 0.1) is 18.0 Å². The van der Waals surface area contributed by atoms with Gasteiger partial charge in [-0.3, -0.25) is 4.98 Å². The van der Waals surface area contributed by atoms with Gasteiger partial charge >= 0.3 is 0 Å². The molecule has 3 N–H and O–H groups in total. The molecule has 1 aliphatic carbocycles. The van der Waals surface area contributed by atoms with E-state index < -0.39 is 0 Å². The summed E-state index contributed by atoms with van der Waals surface area (Å²) in [5.41, 5.74) is 12.5. The number of fused-ring (bicyclic) bond motifs is 1. The van der Waals surface area contributed by atoms with Crippen molar-refractivity contribution in [3.05, 3.63) is 47.9 Å². The van der Waals surface area contributed by atoms with Gasteiger partial charge in [-0.1, -0.05) is 12.1 Å². The van der Waals surface area contributed by atoms with Gasteiger partial charge in [0, 0.05) is 40.5 Å². The number of anilines is 1. The van der Waals surface area contributed by atoms with Crippen LogP contribution in [0.1, 0.15) is 30.0 Å². The lowest BCUT2D eigenvalue weighted by molar-refractivity contribution is 0.0504. The van der Waals surface area contributed by atoms with Crippen molar-refractivity contribution in [2.24, 2.45) is 0 Å². The van der Waals surface area contributed by atoms with Crippen LogP contribution < -0.4 is 5.73 Å². The lowest BCUT2D eigenvalue weighted by Crippen LogP contribution is -2.30. The first-order valence-electron chi connectivity index (χ1n) is 8.04. The standard InChI is InChI=1S/C19H21N3O/c1-11-3-4-15-17(16-8-21-9-18(20)12(16)2)10-22(19(15)5-11)13-6-14(23)7-13/h3-5,8-10,13-14,23H,6-7,20H2,1-2H3. The molecule has 1 aromatic carbocycles. The Bertz CT molecular complexity index is 891. The van der Waals surface area contributed by atoms with Crippen molar-refractivity contribution in [3.8, 4) is 11.1 Å². The fourth-order valence-electron chi connectivity index (χ4n) is 3.48. The zero-order chi connectivity index (χ0) is 16.1. The maximum Gasteiger partial charge on any atom is 0.0579 e. The zero-order valence-electron chi connectivity index (χ0n) is 13.5. The van der Waals surface area contributed by atoms with Crippen LogP contribution in [0.25, 0.3) is 22.0 Å². The van der Waals surface area contributed by atoms with Crippen LogP contribution in [0.2, 0.25) is 0 Å². The Labute approximate surface area is 135 Å². The maximum absolute atomic E-state index is 9.67. The molecule has 3 aromatic rings. The second kappa shape index (κ2) is 5.10. The number of aliphatic hydroxyl groups excluding tert-OH is 1. The van der Waals surface area contributed by atoms with E-state index in [0.29, 0.717) is 6.04 Å². The predicted molar refractivity (Wildman–Crippen MR) is 93.3 cm³/mol. The highest BCUT2D eigenvalue weighted by molar-refractivity contribution is 5.97. The molecule has 0 atom stereocenters. The fraction of sp³-hybridized carbons (Fsp3) is 0.316. The van der Waals surface area contributed by atoms with Crippen LogP contribution in [0.3, 0.4) is 0 Å². The molecule has 1 fully saturated rings. The third-order valence-electron chi connectivity index (χ3n) is 5.02. The van der Waals surface area contributed by atoms with Gasteiger partial charge in [-0.2, -0.15) is 0 Å². The number of hydrogen-bond donors (Lipinski definition) is 2. The molecule has 0 aliphatic heterocycles. The SMILES string of the molecule is Cc1ccc2c(-c3cncc(N)c3C)cn(C3CC(O)C3)c2c1. The summed E-state index contributed by atoms with van der Waals surface area (Å²) in [5, 5.41) is 10.9. The first-order valence-corrected chi connectivity index (χ1v) is 8.04. The Hall–Kier alpha value is -2.33. The van der Waals surface area contributed by atoms with Gasteiger partial charge < -0.3 is 15.4 Å². The number of pyridine rings is 1. The average Bonchev–Trinajstić information content (AvgIpc) is 2.85. The Morgan fingerprint density at radius 3 is 2.70 bits per heavy atom. The number of nitrogens with zero attached hydrogens (tertiary/aromatic N) is 2. The summed E-state index contributed by atoms with van der Waals surface area (Å²) in [4.78, 5) is 4.27. The number of nitrogens with two attached hydrogens (primary N) is 1. The van der Waals surface area contributed by atoms with Crippen LogP contribution in [0, 0.1) is 13.8 Å². The first-order chi connectivity index (χ1) is 11.0. The fourth-order valence-corrected chi connectivity index (χ4v) is 3.48. The van der Waals surface area contributed by atoms with E-state index in [1.807, 2.05) is 13.1 Å². The third kappa shape index (κ3) is 2.21. The number of hydrogen-bond acceptors (Lipinski definition) is 3. The molecule has 4 heteroatoms. The summed E-state index contributed by atoms with van der Waals surface area (Å²) in [5.74, 6) is 0. The minimum absolute atomic E-state index is 0.165. The molecule has 0 radical (unpaired) electrons. The number of nitrogen functional groups attached to an aromatic ring is 1. The summed E-state index contributed by atoms with van der Waals surface area (Å²) in [6, 6.07) is 6.91. The van der Waals surface area contributed by atoms with Crippen molar-refractivity contribution >= 4 is 16.6 Å². The first kappa shape index (κ1) is 14.3. The van der Waals surface area contributed by atoms with E-state index >= 15 is 0 Å². The molecule has 1 saturated carbocycles. The third-order valence-corrected chi connectivity index (χ3v) is 5.02. The van der Waals surface area contributed by atoms with E-state index in [4.69, 9.17) is 5.73 Å². The number of aryl methyl sites for hydroxylation is 1. The lowest BCUT2D eigenvalue weighted by atomic mass is 9.89. The molecule has 0 spiro atoms. The van der Waals surface area contributed by atoms with Crippen LogP contribution >= 0.6 is 0 Å². The van der Waals surface area contributed by atoms with E-state index in [1.165, 1.54) is 22.0 Å². The summed E-state index contributed by atoms with van der Waals surface area (Å²) in [6.45, 7) is 4.15. The topological polar surface area (TPSA) is 64.1 Å². The van der Waals surface area contributed by atoms with Gasteiger partial charge in [-0.25, -0.2) is 0 Å². The van der Waals surface area contributed by atoms with Crippen LogP contribution in [0.15, 0.2) is 36.8 Å². The molecule has 0 bridgehead atoms. The highest BCUT2D eigenvalue weighted by atomic mass is 16.3. The Morgan fingerprint density at radius 1 is 1.17 bits per heavy atom. The Kier molecular flexibility index (Phi) is 3.16. The number of aromatic nitrogens is 2. The van der Waals surface area contributed by atoms with E-state index in [0.717, 1.165) is 29.7 Å². The molecule has 2 heterocycles. The molecule has 0 unspecified atom stereocenters. The van der Waals surface area contributed by atoms with Gasteiger partial charge in [-0.15, -0.1) is 0 Å². The van der Waals surface area contributed by atoms with Gasteiger partial charge in [0.15, 0.2) is 0 Å². The van der Waals surface area contributed by atoms with Crippen LogP contribution in [-0.2, 0) is 0 Å². The van der Waals surface area contributed by atoms with Crippen molar-refractivity contribution < 1.29 is 5.11 Å². The van der Waals surface area contributed by atoms with Gasteiger partial charge in [0.1, 0.15) is 0 Å². The molecule has 0 saturated heterocycles. The second-order valence-electron chi connectivity index (χ2n) is 6.65. The number of aliphatic hydroxyl groups is 1. The largest absolute Gasteiger partial charge is 0.397 e. The zero-order valence-corrected chi connectivity index (χ0v) is 13.5. The molecule has 0 amide bonds. The summed E-state index contributed by atoms with van der Waals surface area (Å²) in [6.07, 6.45) is 7.27. The monoisotopic (exact) mass is 307 g/mol. The Morgan fingerprint density at radius 2 is 1.96 bits per heavy atom. The number of benzene rings is 1. The van der Waals surface area contributed by atoms with E-state index in [9.17, 15) is 5.11 Å². The van der Waals surface area contributed by atoms with Crippen molar-refractivity contribution in [1.82, 2.24) is 9.55 Å². The minimum Gasteiger partial charge on any atom is -0.397 e. The van der Waals surface area contributed by atoms with Crippen molar-refractivity contribution in [1.29, 1.82) is 0 Å². The van der Waals surface area contributed by atoms with E-state index in [2.05, 4.69) is 40.9 Å². The molecule has 2 aromatic heterocycles. The smallest absolute Gasteiger partial charge is 0.0579 e. The van der Waals surface area contributed by atoms with Crippen molar-refractivity contribution in [2.45, 2.75) is 38.8 Å². The average molecular weight is 307 g/mol. The van der Waals surface area contributed by atoms with Gasteiger partial charge in [0.2, 0.25) is 0 Å². The van der Waals surface area contributed by atoms with Crippen LogP contribution in [-0.4, -0.2) is 20.8 Å². The molecule has 118 valence electrons. The maximum atomic E-state index is 9.67. The van der Waals surface area contributed by atoms with E-state index in [-0.39, 0.29) is 6.10 Å². The van der Waals surface area contributed by atoms with Gasteiger partial charge in [-0.05, 0) is 43.9 Å².